The minimum atomic E-state index is -2.98. The fourth-order valence-electron chi connectivity index (χ4n) is 2.04. The molecule has 0 aliphatic heterocycles. The molecule has 1 heterocycles. The van der Waals surface area contributed by atoms with E-state index in [1.807, 2.05) is 0 Å². The van der Waals surface area contributed by atoms with Crippen molar-refractivity contribution in [2.75, 3.05) is 5.43 Å². The molecule has 112 valence electrons. The lowest BCUT2D eigenvalue weighted by molar-refractivity contribution is 0.0703. The zero-order valence-electron chi connectivity index (χ0n) is 11.4. The molecule has 0 saturated heterocycles. The average Bonchev–Trinajstić information content (AvgIpc) is 2.78. The second-order valence-electron chi connectivity index (χ2n) is 4.17. The second kappa shape index (κ2) is 6.06. The molecule has 1 aromatic heterocycles. The van der Waals surface area contributed by atoms with Crippen molar-refractivity contribution in [3.63, 3.8) is 0 Å². The molecule has 0 radical (unpaired) electrons. The van der Waals surface area contributed by atoms with Crippen LogP contribution in [0.2, 0.25) is 0 Å². The summed E-state index contributed by atoms with van der Waals surface area (Å²) in [5.41, 5.74) is 1.90. The number of halogens is 2. The molecule has 0 bridgehead atoms. The molecule has 9 heteroatoms. The maximum absolute atomic E-state index is 13.1. The van der Waals surface area contributed by atoms with Crippen LogP contribution in [0, 0.1) is 22.7 Å². The minimum Gasteiger partial charge on any atom is -0.292 e. The van der Waals surface area contributed by atoms with Gasteiger partial charge < -0.3 is 0 Å². The summed E-state index contributed by atoms with van der Waals surface area (Å²) in [7, 11) is 0. The lowest BCUT2D eigenvalue weighted by atomic mass is 10.2. The molecule has 0 amide bonds. The van der Waals surface area contributed by atoms with Gasteiger partial charge in [0.25, 0.3) is 0 Å². The molecule has 2 aromatic rings. The number of imidazole rings is 1. The standard InChI is InChI=1S/C13H10F2N6O/c1-2-20-10-4-3-8(18-19-9(6-16)7-17)5-11(10)21(12(14)15)13(20)22/h3-5,12,18H,2H2,1H3. The third-order valence-electron chi connectivity index (χ3n) is 2.98. The topological polar surface area (TPSA) is 98.9 Å². The number of hydrogen-bond donors (Lipinski definition) is 1. The predicted molar refractivity (Wildman–Crippen MR) is 75.4 cm³/mol. The highest BCUT2D eigenvalue weighted by Gasteiger charge is 2.18. The highest BCUT2D eigenvalue weighted by atomic mass is 19.3. The van der Waals surface area contributed by atoms with Crippen LogP contribution in [0.5, 0.6) is 0 Å². The first kappa shape index (κ1) is 15.2. The Morgan fingerprint density at radius 1 is 1.36 bits per heavy atom. The van der Waals surface area contributed by atoms with Crippen LogP contribution in [0.1, 0.15) is 13.5 Å². The van der Waals surface area contributed by atoms with Crippen LogP contribution in [0.15, 0.2) is 28.1 Å². The van der Waals surface area contributed by atoms with E-state index in [1.54, 1.807) is 19.1 Å². The fourth-order valence-corrected chi connectivity index (χ4v) is 2.04. The van der Waals surface area contributed by atoms with E-state index in [-0.39, 0.29) is 17.7 Å². The van der Waals surface area contributed by atoms with Gasteiger partial charge in [-0.2, -0.15) is 24.4 Å². The summed E-state index contributed by atoms with van der Waals surface area (Å²) in [4.78, 5) is 11.9. The molecule has 22 heavy (non-hydrogen) atoms. The molecule has 1 aromatic carbocycles. The van der Waals surface area contributed by atoms with E-state index in [0.717, 1.165) is 0 Å². The van der Waals surface area contributed by atoms with Crippen LogP contribution in [-0.2, 0) is 6.54 Å². The minimum absolute atomic E-state index is 0.0394. The van der Waals surface area contributed by atoms with Crippen molar-refractivity contribution in [3.05, 3.63) is 28.7 Å². The third-order valence-corrected chi connectivity index (χ3v) is 2.98. The Hall–Kier alpha value is -3.20. The summed E-state index contributed by atoms with van der Waals surface area (Å²) >= 11 is 0. The average molecular weight is 304 g/mol. The number of fused-ring (bicyclic) bond motifs is 1. The number of aryl methyl sites for hydroxylation is 1. The first-order valence-corrected chi connectivity index (χ1v) is 6.20. The number of aromatic nitrogens is 2. The molecule has 7 nitrogen and oxygen atoms in total. The van der Waals surface area contributed by atoms with Gasteiger partial charge in [0.05, 0.1) is 16.7 Å². The van der Waals surface area contributed by atoms with Crippen LogP contribution < -0.4 is 11.1 Å². The number of benzene rings is 1. The lowest BCUT2D eigenvalue weighted by Crippen LogP contribution is -2.24. The molecule has 0 fully saturated rings. The number of hydrogen-bond acceptors (Lipinski definition) is 5. The first-order chi connectivity index (χ1) is 10.5. The summed E-state index contributed by atoms with van der Waals surface area (Å²) in [6.07, 6.45) is 0. The van der Waals surface area contributed by atoms with E-state index in [9.17, 15) is 13.6 Å². The van der Waals surface area contributed by atoms with E-state index >= 15 is 0 Å². The number of nitrogens with zero attached hydrogens (tertiary/aromatic N) is 5. The number of alkyl halides is 2. The van der Waals surface area contributed by atoms with Crippen LogP contribution in [0.3, 0.4) is 0 Å². The zero-order valence-corrected chi connectivity index (χ0v) is 11.4. The smallest absolute Gasteiger partial charge is 0.292 e. The number of hydrazone groups is 1. The van der Waals surface area contributed by atoms with Crippen molar-refractivity contribution in [1.82, 2.24) is 9.13 Å². The fraction of sp³-hybridized carbons (Fsp3) is 0.231. The SMILES string of the molecule is CCn1c(=O)n(C(F)F)c2cc(NN=C(C#N)C#N)ccc21. The van der Waals surface area contributed by atoms with Gasteiger partial charge in [-0.25, -0.2) is 9.36 Å². The molecule has 2 rings (SSSR count). The van der Waals surface area contributed by atoms with Gasteiger partial charge in [0, 0.05) is 6.54 Å². The van der Waals surface area contributed by atoms with Gasteiger partial charge in [0.15, 0.2) is 0 Å². The number of nitrogens with one attached hydrogen (secondary N) is 1. The molecular weight excluding hydrogens is 294 g/mol. The van der Waals surface area contributed by atoms with E-state index in [4.69, 9.17) is 10.5 Å². The van der Waals surface area contributed by atoms with Crippen molar-refractivity contribution < 1.29 is 8.78 Å². The largest absolute Gasteiger partial charge is 0.333 e. The van der Waals surface area contributed by atoms with Gasteiger partial charge in [-0.1, -0.05) is 0 Å². The normalized spacial score (nSPS) is 10.3. The molecule has 0 saturated carbocycles. The van der Waals surface area contributed by atoms with E-state index in [1.165, 1.54) is 22.8 Å². The highest BCUT2D eigenvalue weighted by molar-refractivity contribution is 6.10. The first-order valence-electron chi connectivity index (χ1n) is 6.20. The quantitative estimate of drug-likeness (QED) is 0.690. The van der Waals surface area contributed by atoms with Crippen LogP contribution in [0.25, 0.3) is 11.0 Å². The van der Waals surface area contributed by atoms with Gasteiger partial charge in [0.2, 0.25) is 5.71 Å². The molecule has 0 aliphatic carbocycles. The Morgan fingerprint density at radius 3 is 2.59 bits per heavy atom. The Kier molecular flexibility index (Phi) is 4.18. The monoisotopic (exact) mass is 304 g/mol. The second-order valence-corrected chi connectivity index (χ2v) is 4.17. The maximum atomic E-state index is 13.1. The van der Waals surface area contributed by atoms with Gasteiger partial charge in [-0.05, 0) is 25.1 Å². The van der Waals surface area contributed by atoms with Crippen molar-refractivity contribution in [2.24, 2.45) is 5.10 Å². The lowest BCUT2D eigenvalue weighted by Gasteiger charge is -2.03. The Morgan fingerprint density at radius 2 is 2.05 bits per heavy atom. The molecule has 0 spiro atoms. The van der Waals surface area contributed by atoms with Gasteiger partial charge in [-0.3, -0.25) is 9.99 Å². The summed E-state index contributed by atoms with van der Waals surface area (Å²) in [6, 6.07) is 7.44. The number of nitriles is 2. The molecule has 0 atom stereocenters. The van der Waals surface area contributed by atoms with Crippen LogP contribution in [-0.4, -0.2) is 14.8 Å². The van der Waals surface area contributed by atoms with E-state index < -0.39 is 18.0 Å². The Balaban J connectivity index is 2.58. The van der Waals surface area contributed by atoms with E-state index in [2.05, 4.69) is 10.5 Å². The third kappa shape index (κ3) is 2.52. The zero-order chi connectivity index (χ0) is 16.3. The van der Waals surface area contributed by atoms with Gasteiger partial charge in [0.1, 0.15) is 12.1 Å². The number of anilines is 1. The van der Waals surface area contributed by atoms with E-state index in [0.29, 0.717) is 10.1 Å². The number of rotatable bonds is 4. The Labute approximate surface area is 123 Å². The highest BCUT2D eigenvalue weighted by Crippen LogP contribution is 2.22. The van der Waals surface area contributed by atoms with Gasteiger partial charge >= 0.3 is 12.2 Å². The van der Waals surface area contributed by atoms with Crippen molar-refractivity contribution in [3.8, 4) is 12.1 Å². The molecule has 0 unspecified atom stereocenters. The summed E-state index contributed by atoms with van der Waals surface area (Å²) in [5.74, 6) is 0. The van der Waals surface area contributed by atoms with Crippen molar-refractivity contribution in [1.29, 1.82) is 10.5 Å². The molecule has 1 N–H and O–H groups in total. The summed E-state index contributed by atoms with van der Waals surface area (Å²) in [5, 5.41) is 20.7. The van der Waals surface area contributed by atoms with Crippen LogP contribution >= 0.6 is 0 Å². The molecular formula is C13H10F2N6O. The predicted octanol–water partition coefficient (Wildman–Crippen LogP) is 2.03. The van der Waals surface area contributed by atoms with Gasteiger partial charge in [-0.15, -0.1) is 0 Å². The van der Waals surface area contributed by atoms with Crippen molar-refractivity contribution >= 4 is 22.4 Å². The van der Waals surface area contributed by atoms with Crippen LogP contribution in [0.4, 0.5) is 14.5 Å². The Bertz CT molecular complexity index is 865. The maximum Gasteiger partial charge on any atom is 0.333 e. The molecule has 0 aliphatic rings. The summed E-state index contributed by atoms with van der Waals surface area (Å²) in [6.45, 7) is -1.04. The summed E-state index contributed by atoms with van der Waals surface area (Å²) < 4.78 is 27.8. The van der Waals surface area contributed by atoms with Crippen molar-refractivity contribution in [2.45, 2.75) is 20.0 Å².